The van der Waals surface area contributed by atoms with Crippen molar-refractivity contribution < 1.29 is 23.8 Å². The molecule has 0 aliphatic heterocycles. The Morgan fingerprint density at radius 3 is 2.75 bits per heavy atom. The maximum Gasteiger partial charge on any atom is 0.338 e. The second-order valence-corrected chi connectivity index (χ2v) is 5.53. The van der Waals surface area contributed by atoms with Crippen molar-refractivity contribution in [1.82, 2.24) is 5.32 Å². The zero-order valence-corrected chi connectivity index (χ0v) is 15.1. The third-order valence-electron chi connectivity index (χ3n) is 2.81. The minimum Gasteiger partial charge on any atom is -0.493 e. The molecule has 1 amide bonds. The number of nitrogens with one attached hydrogen (secondary N) is 1. The molecule has 0 bridgehead atoms. The Bertz CT molecular complexity index is 628. The Morgan fingerprint density at radius 2 is 2.12 bits per heavy atom. The highest BCUT2D eigenvalue weighted by Gasteiger charge is 2.17. The molecule has 8 heteroatoms. The van der Waals surface area contributed by atoms with Gasteiger partial charge in [-0.3, -0.25) is 4.79 Å². The van der Waals surface area contributed by atoms with Crippen molar-refractivity contribution in [3.05, 3.63) is 22.2 Å². The summed E-state index contributed by atoms with van der Waals surface area (Å²) in [6, 6.07) is 4.94. The summed E-state index contributed by atoms with van der Waals surface area (Å²) in [5.74, 6) is -0.229. The van der Waals surface area contributed by atoms with Gasteiger partial charge in [0.1, 0.15) is 0 Å². The summed E-state index contributed by atoms with van der Waals surface area (Å²) in [5, 5.41) is 10.8. The van der Waals surface area contributed by atoms with E-state index in [0.717, 1.165) is 6.42 Å². The monoisotopic (exact) mass is 398 g/mol. The molecule has 0 aliphatic carbocycles. The Kier molecular flexibility index (Phi) is 8.65. The number of nitriles is 1. The van der Waals surface area contributed by atoms with E-state index in [9.17, 15) is 9.59 Å². The van der Waals surface area contributed by atoms with E-state index in [1.54, 1.807) is 6.07 Å². The highest BCUT2D eigenvalue weighted by Crippen LogP contribution is 2.36. The molecular formula is C16H19BrN2O5. The number of amides is 1. The maximum atomic E-state index is 12.1. The van der Waals surface area contributed by atoms with Crippen LogP contribution in [-0.4, -0.2) is 38.7 Å². The highest BCUT2D eigenvalue weighted by molar-refractivity contribution is 9.10. The van der Waals surface area contributed by atoms with Crippen LogP contribution >= 0.6 is 15.9 Å². The van der Waals surface area contributed by atoms with Crippen LogP contribution < -0.4 is 14.8 Å². The first-order chi connectivity index (χ1) is 11.5. The summed E-state index contributed by atoms with van der Waals surface area (Å²) >= 11 is 3.34. The lowest BCUT2D eigenvalue weighted by Gasteiger charge is -2.13. The molecule has 0 aliphatic rings. The fraction of sp³-hybridized carbons (Fsp3) is 0.438. The number of methoxy groups -OCH3 is 1. The molecule has 1 N–H and O–H groups in total. The number of carbonyl (C=O) groups excluding carboxylic acids is 2. The summed E-state index contributed by atoms with van der Waals surface area (Å²) in [5.41, 5.74) is 0.229. The second kappa shape index (κ2) is 10.5. The lowest BCUT2D eigenvalue weighted by Crippen LogP contribution is -2.29. The lowest BCUT2D eigenvalue weighted by molar-refractivity contribution is -0.124. The van der Waals surface area contributed by atoms with Gasteiger partial charge in [0.25, 0.3) is 5.91 Å². The summed E-state index contributed by atoms with van der Waals surface area (Å²) in [6.07, 6.45) is 1.03. The molecule has 24 heavy (non-hydrogen) atoms. The number of esters is 1. The van der Waals surface area contributed by atoms with Gasteiger partial charge in [-0.1, -0.05) is 6.92 Å². The molecule has 1 aromatic rings. The van der Waals surface area contributed by atoms with E-state index in [0.29, 0.717) is 22.6 Å². The molecule has 7 nitrogen and oxygen atoms in total. The van der Waals surface area contributed by atoms with E-state index >= 15 is 0 Å². The molecule has 1 aromatic carbocycles. The van der Waals surface area contributed by atoms with E-state index in [4.69, 9.17) is 19.5 Å². The molecule has 0 saturated carbocycles. The molecule has 0 aromatic heterocycles. The second-order valence-electron chi connectivity index (χ2n) is 4.67. The number of halogens is 1. The maximum absolute atomic E-state index is 12.1. The van der Waals surface area contributed by atoms with Crippen molar-refractivity contribution in [2.45, 2.75) is 19.8 Å². The summed E-state index contributed by atoms with van der Waals surface area (Å²) in [7, 11) is 1.47. The molecule has 130 valence electrons. The molecule has 0 atom stereocenters. The first-order valence-electron chi connectivity index (χ1n) is 7.34. The minimum absolute atomic E-state index is 0.197. The normalized spacial score (nSPS) is 9.75. The topological polar surface area (TPSA) is 97.6 Å². The predicted molar refractivity (Wildman–Crippen MR) is 90.0 cm³/mol. The number of hydrogen-bond donors (Lipinski definition) is 1. The van der Waals surface area contributed by atoms with Crippen LogP contribution in [0.1, 0.15) is 30.1 Å². The van der Waals surface area contributed by atoms with Crippen molar-refractivity contribution in [2.24, 2.45) is 0 Å². The predicted octanol–water partition coefficient (Wildman–Crippen LogP) is 2.43. The van der Waals surface area contributed by atoms with Crippen molar-refractivity contribution in [3.63, 3.8) is 0 Å². The summed E-state index contributed by atoms with van der Waals surface area (Å²) in [6.45, 7) is 2.30. The SMILES string of the molecule is CCCOc1c(Br)cc(C(=O)OCC(=O)NCCC#N)cc1OC. The zero-order valence-electron chi connectivity index (χ0n) is 13.6. The van der Waals surface area contributed by atoms with Crippen LogP contribution in [0, 0.1) is 11.3 Å². The van der Waals surface area contributed by atoms with E-state index in [1.165, 1.54) is 13.2 Å². The highest BCUT2D eigenvalue weighted by atomic mass is 79.9. The Labute approximate surface area is 149 Å². The van der Waals surface area contributed by atoms with Crippen molar-refractivity contribution in [3.8, 4) is 17.6 Å². The summed E-state index contributed by atoms with van der Waals surface area (Å²) in [4.78, 5) is 23.5. The van der Waals surface area contributed by atoms with Crippen molar-refractivity contribution >= 4 is 27.8 Å². The van der Waals surface area contributed by atoms with E-state index in [-0.39, 0.29) is 18.5 Å². The quantitative estimate of drug-likeness (QED) is 0.506. The van der Waals surface area contributed by atoms with Gasteiger partial charge in [-0.25, -0.2) is 4.79 Å². The van der Waals surface area contributed by atoms with Crippen molar-refractivity contribution in [2.75, 3.05) is 26.9 Å². The molecule has 0 unspecified atom stereocenters. The Morgan fingerprint density at radius 1 is 1.38 bits per heavy atom. The minimum atomic E-state index is -0.661. The third-order valence-corrected chi connectivity index (χ3v) is 3.40. The van der Waals surface area contributed by atoms with Crippen LogP contribution in [0.15, 0.2) is 16.6 Å². The Hall–Kier alpha value is -2.27. The van der Waals surface area contributed by atoms with Crippen LogP contribution in [-0.2, 0) is 9.53 Å². The standard InChI is InChI=1S/C16H19BrN2O5/c1-3-7-23-15-12(17)8-11(9-13(15)22-2)16(21)24-10-14(20)19-6-4-5-18/h8-9H,3-4,6-7,10H2,1-2H3,(H,19,20). The number of nitrogens with zero attached hydrogens (tertiary/aromatic N) is 1. The van der Waals surface area contributed by atoms with Crippen LogP contribution in [0.5, 0.6) is 11.5 Å². The fourth-order valence-electron chi connectivity index (χ4n) is 1.71. The fourth-order valence-corrected chi connectivity index (χ4v) is 2.26. The average Bonchev–Trinajstić information content (AvgIpc) is 2.58. The largest absolute Gasteiger partial charge is 0.493 e. The number of ether oxygens (including phenoxy) is 3. The lowest BCUT2D eigenvalue weighted by atomic mass is 10.2. The van der Waals surface area contributed by atoms with E-state index in [1.807, 2.05) is 13.0 Å². The van der Waals surface area contributed by atoms with Crippen LogP contribution in [0.25, 0.3) is 0 Å². The zero-order chi connectivity index (χ0) is 17.9. The molecule has 0 saturated heterocycles. The first kappa shape index (κ1) is 19.8. The number of hydrogen-bond acceptors (Lipinski definition) is 6. The van der Waals surface area contributed by atoms with Gasteiger partial charge in [-0.05, 0) is 34.5 Å². The van der Waals surface area contributed by atoms with Crippen molar-refractivity contribution in [1.29, 1.82) is 5.26 Å². The van der Waals surface area contributed by atoms with Crippen LogP contribution in [0.4, 0.5) is 0 Å². The molecule has 1 rings (SSSR count). The molecule has 0 heterocycles. The van der Waals surface area contributed by atoms with Gasteiger partial charge in [-0.2, -0.15) is 5.26 Å². The third kappa shape index (κ3) is 6.08. The smallest absolute Gasteiger partial charge is 0.338 e. The summed E-state index contributed by atoms with van der Waals surface area (Å²) < 4.78 is 16.3. The van der Waals surface area contributed by atoms with Crippen LogP contribution in [0.2, 0.25) is 0 Å². The van der Waals surface area contributed by atoms with Gasteiger partial charge in [0, 0.05) is 6.54 Å². The Balaban J connectivity index is 2.72. The van der Waals surface area contributed by atoms with Gasteiger partial charge >= 0.3 is 5.97 Å². The molecule has 0 radical (unpaired) electrons. The van der Waals surface area contributed by atoms with Gasteiger partial charge < -0.3 is 19.5 Å². The van der Waals surface area contributed by atoms with Gasteiger partial charge in [0.05, 0.1) is 36.2 Å². The van der Waals surface area contributed by atoms with Crippen LogP contribution in [0.3, 0.4) is 0 Å². The first-order valence-corrected chi connectivity index (χ1v) is 8.13. The molecule has 0 spiro atoms. The van der Waals surface area contributed by atoms with Gasteiger partial charge in [0.15, 0.2) is 18.1 Å². The average molecular weight is 399 g/mol. The van der Waals surface area contributed by atoms with E-state index in [2.05, 4.69) is 21.2 Å². The molecule has 0 fully saturated rings. The number of rotatable bonds is 9. The van der Waals surface area contributed by atoms with Gasteiger partial charge in [0.2, 0.25) is 0 Å². The number of benzene rings is 1. The van der Waals surface area contributed by atoms with E-state index < -0.39 is 18.5 Å². The van der Waals surface area contributed by atoms with Gasteiger partial charge in [-0.15, -0.1) is 0 Å². The molecular weight excluding hydrogens is 380 g/mol. The number of carbonyl (C=O) groups is 2.